The van der Waals surface area contributed by atoms with Crippen molar-refractivity contribution in [3.63, 3.8) is 0 Å². The second kappa shape index (κ2) is 4.77. The Morgan fingerprint density at radius 2 is 1.83 bits per heavy atom. The average Bonchev–Trinajstić information content (AvgIpc) is 2.36. The number of rotatable bonds is 3. The van der Waals surface area contributed by atoms with Crippen LogP contribution in [0.2, 0.25) is 0 Å². The van der Waals surface area contributed by atoms with Crippen LogP contribution in [0, 0.1) is 0 Å². The highest BCUT2D eigenvalue weighted by atomic mass is 16.3. The van der Waals surface area contributed by atoms with Crippen molar-refractivity contribution >= 4 is 0 Å². The normalized spacial score (nSPS) is 23.2. The minimum atomic E-state index is -0.530. The van der Waals surface area contributed by atoms with Crippen molar-refractivity contribution in [1.29, 1.82) is 0 Å². The molecule has 0 amide bonds. The van der Waals surface area contributed by atoms with Gasteiger partial charge in [-0.3, -0.25) is 0 Å². The van der Waals surface area contributed by atoms with Crippen LogP contribution < -0.4 is 0 Å². The lowest BCUT2D eigenvalue weighted by Crippen LogP contribution is -2.47. The molecule has 1 aliphatic rings. The van der Waals surface area contributed by atoms with Gasteiger partial charge in [0, 0.05) is 12.8 Å². The molecule has 0 aromatic carbocycles. The zero-order valence-corrected chi connectivity index (χ0v) is 7.61. The highest BCUT2D eigenvalue weighted by molar-refractivity contribution is 4.57. The van der Waals surface area contributed by atoms with E-state index < -0.39 is 6.10 Å². The van der Waals surface area contributed by atoms with Crippen molar-refractivity contribution in [1.82, 2.24) is 0 Å². The van der Waals surface area contributed by atoms with E-state index in [0.717, 1.165) is 17.6 Å². The molecule has 1 atom stereocenters. The summed E-state index contributed by atoms with van der Waals surface area (Å²) >= 11 is 0. The molecule has 0 radical (unpaired) electrons. The number of likely N-dealkylation sites (N-methyl/N-ethyl adjacent to an activating group) is 1. The summed E-state index contributed by atoms with van der Waals surface area (Å²) in [6, 6.07) is 0. The van der Waals surface area contributed by atoms with Gasteiger partial charge in [-0.2, -0.15) is 0 Å². The summed E-state index contributed by atoms with van der Waals surface area (Å²) in [4.78, 5) is 0. The number of aliphatic hydroxyl groups is 2. The molecule has 0 saturated carbocycles. The average molecular weight is 177 g/mol. The molecule has 0 spiro atoms. The van der Waals surface area contributed by atoms with Crippen molar-refractivity contribution in [2.45, 2.75) is 18.9 Å². The molecule has 1 rings (SSSR count). The van der Waals surface area contributed by atoms with Crippen LogP contribution in [-0.2, 0) is 0 Å². The molecule has 1 unspecified atom stereocenters. The van der Waals surface area contributed by atoms with Crippen LogP contribution in [0.5, 0.6) is 0 Å². The third-order valence-electron chi connectivity index (χ3n) is 2.51. The number of likely N-dealkylation sites (tertiary alicyclic amines) is 1. The van der Waals surface area contributed by atoms with Gasteiger partial charge in [0.25, 0.3) is 0 Å². The third-order valence-corrected chi connectivity index (χ3v) is 2.51. The Hall–Kier alpha value is -0.160. The number of hydrogen-bond acceptors (Lipinski definition) is 3. The Balaban J connectivity index is 0.00000121. The molecule has 4 nitrogen and oxygen atoms in total. The fourth-order valence-electron chi connectivity index (χ4n) is 1.85. The molecule has 12 heavy (non-hydrogen) atoms. The predicted molar refractivity (Wildman–Crippen MR) is 45.0 cm³/mol. The van der Waals surface area contributed by atoms with Crippen molar-refractivity contribution in [3.05, 3.63) is 0 Å². The molecule has 0 bridgehead atoms. The second-order valence-electron chi connectivity index (χ2n) is 3.79. The standard InChI is InChI=1S/C8H18NO2.H2O/c1-9(4-2-3-5-9)6-8(11)7-10;/h8,10-11H,2-7H2,1H3;1H2/q+1;/p-1. The highest BCUT2D eigenvalue weighted by Gasteiger charge is 2.28. The molecule has 3 N–H and O–H groups in total. The van der Waals surface area contributed by atoms with E-state index >= 15 is 0 Å². The minimum Gasteiger partial charge on any atom is -0.870 e. The van der Waals surface area contributed by atoms with Crippen LogP contribution in [0.15, 0.2) is 0 Å². The molecule has 0 aromatic heterocycles. The van der Waals surface area contributed by atoms with Crippen LogP contribution in [0.4, 0.5) is 0 Å². The Bertz CT molecular complexity index is 123. The lowest BCUT2D eigenvalue weighted by atomic mass is 10.3. The second-order valence-corrected chi connectivity index (χ2v) is 3.79. The maximum atomic E-state index is 9.22. The molecule has 0 aromatic rings. The van der Waals surface area contributed by atoms with Gasteiger partial charge in [0.15, 0.2) is 0 Å². The van der Waals surface area contributed by atoms with E-state index in [-0.39, 0.29) is 12.1 Å². The van der Waals surface area contributed by atoms with Gasteiger partial charge in [0.1, 0.15) is 12.6 Å². The first-order valence-corrected chi connectivity index (χ1v) is 4.29. The van der Waals surface area contributed by atoms with Crippen LogP contribution in [0.3, 0.4) is 0 Å². The third kappa shape index (κ3) is 3.06. The zero-order valence-electron chi connectivity index (χ0n) is 7.61. The lowest BCUT2D eigenvalue weighted by Gasteiger charge is -2.30. The van der Waals surface area contributed by atoms with Gasteiger partial charge in [-0.15, -0.1) is 0 Å². The topological polar surface area (TPSA) is 70.5 Å². The maximum Gasteiger partial charge on any atom is 0.126 e. The number of quaternary nitrogens is 1. The predicted octanol–water partition coefficient (Wildman–Crippen LogP) is -0.597. The van der Waals surface area contributed by atoms with Gasteiger partial charge in [-0.25, -0.2) is 0 Å². The first-order valence-electron chi connectivity index (χ1n) is 4.29. The molecular formula is C8H19NO3. The SMILES string of the molecule is C[N+]1(CC(O)CO)CCCC1.[OH-]. The van der Waals surface area contributed by atoms with E-state index in [1.165, 1.54) is 12.8 Å². The summed E-state index contributed by atoms with van der Waals surface area (Å²) in [6.07, 6.45) is 1.99. The Kier molecular flexibility index (Phi) is 4.70. The van der Waals surface area contributed by atoms with Crippen LogP contribution >= 0.6 is 0 Å². The minimum absolute atomic E-state index is 0. The Labute approximate surface area is 73.3 Å². The lowest BCUT2D eigenvalue weighted by molar-refractivity contribution is -0.900. The van der Waals surface area contributed by atoms with Gasteiger partial charge in [0.05, 0.1) is 26.7 Å². The first-order chi connectivity index (χ1) is 5.16. The molecule has 4 heteroatoms. The number of hydrogen-bond donors (Lipinski definition) is 2. The van der Waals surface area contributed by atoms with Crippen molar-refractivity contribution in [2.24, 2.45) is 0 Å². The quantitative estimate of drug-likeness (QED) is 0.566. The first kappa shape index (κ1) is 11.8. The van der Waals surface area contributed by atoms with Gasteiger partial charge < -0.3 is 20.2 Å². The van der Waals surface area contributed by atoms with Gasteiger partial charge in [-0.1, -0.05) is 0 Å². The molecule has 0 aliphatic carbocycles. The van der Waals surface area contributed by atoms with E-state index in [0.29, 0.717) is 6.54 Å². The largest absolute Gasteiger partial charge is 0.870 e. The molecule has 1 aliphatic heterocycles. The molecule has 1 fully saturated rings. The van der Waals surface area contributed by atoms with Gasteiger partial charge >= 0.3 is 0 Å². The zero-order chi connectivity index (χ0) is 8.32. The van der Waals surface area contributed by atoms with E-state index in [4.69, 9.17) is 5.11 Å². The van der Waals surface area contributed by atoms with E-state index in [9.17, 15) is 5.11 Å². The van der Waals surface area contributed by atoms with E-state index in [1.54, 1.807) is 0 Å². The molecule has 74 valence electrons. The van der Waals surface area contributed by atoms with Gasteiger partial charge in [-0.05, 0) is 0 Å². The molecule has 1 saturated heterocycles. The van der Waals surface area contributed by atoms with Crippen LogP contribution in [0.1, 0.15) is 12.8 Å². The summed E-state index contributed by atoms with van der Waals surface area (Å²) < 4.78 is 0.932. The van der Waals surface area contributed by atoms with Gasteiger partial charge in [0.2, 0.25) is 0 Å². The van der Waals surface area contributed by atoms with Crippen molar-refractivity contribution in [3.8, 4) is 0 Å². The Morgan fingerprint density at radius 1 is 1.33 bits per heavy atom. The maximum absolute atomic E-state index is 9.22. The van der Waals surface area contributed by atoms with Crippen molar-refractivity contribution < 1.29 is 20.2 Å². The van der Waals surface area contributed by atoms with Crippen LogP contribution in [-0.4, -0.2) is 59.6 Å². The molecule has 1 heterocycles. The Morgan fingerprint density at radius 3 is 2.25 bits per heavy atom. The van der Waals surface area contributed by atoms with E-state index in [1.807, 2.05) is 0 Å². The summed E-state index contributed by atoms with van der Waals surface area (Å²) in [5.74, 6) is 0. The monoisotopic (exact) mass is 177 g/mol. The fraction of sp³-hybridized carbons (Fsp3) is 1.00. The molecular weight excluding hydrogens is 158 g/mol. The van der Waals surface area contributed by atoms with Crippen molar-refractivity contribution in [2.75, 3.05) is 33.3 Å². The van der Waals surface area contributed by atoms with E-state index in [2.05, 4.69) is 7.05 Å². The fourth-order valence-corrected chi connectivity index (χ4v) is 1.85. The summed E-state index contributed by atoms with van der Waals surface area (Å²) in [7, 11) is 2.14. The van der Waals surface area contributed by atoms with Crippen LogP contribution in [0.25, 0.3) is 0 Å². The smallest absolute Gasteiger partial charge is 0.126 e. The summed E-state index contributed by atoms with van der Waals surface area (Å²) in [5, 5.41) is 17.9. The number of aliphatic hydroxyl groups excluding tert-OH is 2. The summed E-state index contributed by atoms with van der Waals surface area (Å²) in [5.41, 5.74) is 0. The number of nitrogens with zero attached hydrogens (tertiary/aromatic N) is 1. The summed E-state index contributed by atoms with van der Waals surface area (Å²) in [6.45, 7) is 2.90. The highest BCUT2D eigenvalue weighted by Crippen LogP contribution is 2.16.